The van der Waals surface area contributed by atoms with Gasteiger partial charge in [0.2, 0.25) is 5.78 Å². The van der Waals surface area contributed by atoms with Crippen molar-refractivity contribution in [3.63, 3.8) is 0 Å². The lowest BCUT2D eigenvalue weighted by atomic mass is 10.1. The summed E-state index contributed by atoms with van der Waals surface area (Å²) in [6, 6.07) is 17.0. The second-order valence-corrected chi connectivity index (χ2v) is 4.70. The molecule has 0 bridgehead atoms. The molecule has 0 saturated carbocycles. The van der Waals surface area contributed by atoms with Gasteiger partial charge in [0.15, 0.2) is 0 Å². The van der Waals surface area contributed by atoms with Crippen LogP contribution in [0, 0.1) is 0 Å². The van der Waals surface area contributed by atoms with E-state index in [2.05, 4.69) is 0 Å². The molecule has 0 saturated heterocycles. The van der Waals surface area contributed by atoms with Crippen molar-refractivity contribution >= 4 is 11.8 Å². The number of Topliss-reactive ketones (excluding diaryl/α,β-unsaturated/α-hetero) is 1. The molecule has 0 N–H and O–H groups in total. The van der Waals surface area contributed by atoms with Gasteiger partial charge in [-0.25, -0.2) is 4.79 Å². The third-order valence-corrected chi connectivity index (χ3v) is 3.06. The second-order valence-electron chi connectivity index (χ2n) is 4.70. The summed E-state index contributed by atoms with van der Waals surface area (Å²) >= 11 is 0. The van der Waals surface area contributed by atoms with E-state index in [9.17, 15) is 9.59 Å². The first-order chi connectivity index (χ1) is 10.7. The van der Waals surface area contributed by atoms with Crippen molar-refractivity contribution < 1.29 is 19.1 Å². The third kappa shape index (κ3) is 4.45. The van der Waals surface area contributed by atoms with Crippen LogP contribution in [-0.2, 0) is 27.4 Å². The minimum absolute atomic E-state index is 0.0240. The molecule has 4 heteroatoms. The number of benzene rings is 2. The molecule has 0 amide bonds. The number of esters is 1. The first-order valence-electron chi connectivity index (χ1n) is 7.15. The number of hydrogen-bond acceptors (Lipinski definition) is 4. The van der Waals surface area contributed by atoms with Gasteiger partial charge in [-0.15, -0.1) is 0 Å². The fraction of sp³-hybridized carbons (Fsp3) is 0.222. The standard InChI is InChI=1S/C18H18O4/c1-2-21-18(20)16(19)12-15-10-6-7-11-17(15)22-13-14-8-4-3-5-9-14/h3-11H,2,12-13H2,1H3. The first-order valence-corrected chi connectivity index (χ1v) is 7.15. The van der Waals surface area contributed by atoms with Crippen LogP contribution in [0.4, 0.5) is 0 Å². The Kier molecular flexibility index (Phi) is 5.72. The van der Waals surface area contributed by atoms with Gasteiger partial charge in [0.25, 0.3) is 0 Å². The molecular weight excluding hydrogens is 280 g/mol. The van der Waals surface area contributed by atoms with Gasteiger partial charge in [-0.2, -0.15) is 0 Å². The van der Waals surface area contributed by atoms with Gasteiger partial charge in [0.05, 0.1) is 6.61 Å². The predicted octanol–water partition coefficient (Wildman–Crippen LogP) is 2.94. The molecule has 0 aliphatic carbocycles. The number of rotatable bonds is 7. The highest BCUT2D eigenvalue weighted by Gasteiger charge is 2.17. The summed E-state index contributed by atoms with van der Waals surface area (Å²) in [6.07, 6.45) is -0.0240. The van der Waals surface area contributed by atoms with Crippen molar-refractivity contribution in [1.29, 1.82) is 0 Å². The predicted molar refractivity (Wildman–Crippen MR) is 82.6 cm³/mol. The maximum Gasteiger partial charge on any atom is 0.374 e. The van der Waals surface area contributed by atoms with Crippen LogP contribution in [-0.4, -0.2) is 18.4 Å². The van der Waals surface area contributed by atoms with Crippen molar-refractivity contribution in [2.45, 2.75) is 20.0 Å². The summed E-state index contributed by atoms with van der Waals surface area (Å²) in [5.74, 6) is -0.776. The van der Waals surface area contributed by atoms with E-state index in [1.165, 1.54) is 0 Å². The van der Waals surface area contributed by atoms with Gasteiger partial charge in [0, 0.05) is 12.0 Å². The SMILES string of the molecule is CCOC(=O)C(=O)Cc1ccccc1OCc1ccccc1. The molecule has 2 rings (SSSR count). The number of carbonyl (C=O) groups excluding carboxylic acids is 2. The number of carbonyl (C=O) groups is 2. The first kappa shape index (κ1) is 15.8. The number of ketones is 1. The molecule has 0 aliphatic heterocycles. The summed E-state index contributed by atoms with van der Waals surface area (Å²) in [5.41, 5.74) is 1.71. The normalized spacial score (nSPS) is 10.0. The Morgan fingerprint density at radius 1 is 0.955 bits per heavy atom. The van der Waals surface area contributed by atoms with E-state index in [1.807, 2.05) is 42.5 Å². The minimum atomic E-state index is -0.805. The minimum Gasteiger partial charge on any atom is -0.489 e. The monoisotopic (exact) mass is 298 g/mol. The molecule has 4 nitrogen and oxygen atoms in total. The molecule has 0 aromatic heterocycles. The Bertz CT molecular complexity index is 635. The summed E-state index contributed by atoms with van der Waals surface area (Å²) in [4.78, 5) is 23.2. The van der Waals surface area contributed by atoms with Gasteiger partial charge in [-0.05, 0) is 18.6 Å². The molecule has 0 heterocycles. The van der Waals surface area contributed by atoms with Crippen LogP contribution < -0.4 is 4.74 Å². The summed E-state index contributed by atoms with van der Waals surface area (Å²) in [6.45, 7) is 2.27. The lowest BCUT2D eigenvalue weighted by Gasteiger charge is -2.11. The fourth-order valence-electron chi connectivity index (χ4n) is 1.98. The number of hydrogen-bond donors (Lipinski definition) is 0. The van der Waals surface area contributed by atoms with E-state index in [-0.39, 0.29) is 13.0 Å². The number of para-hydroxylation sites is 1. The van der Waals surface area contributed by atoms with Gasteiger partial charge in [-0.3, -0.25) is 4.79 Å². The topological polar surface area (TPSA) is 52.6 Å². The Hall–Kier alpha value is -2.62. The maximum atomic E-state index is 11.8. The zero-order valence-electron chi connectivity index (χ0n) is 12.5. The molecule has 0 atom stereocenters. The largest absolute Gasteiger partial charge is 0.489 e. The van der Waals surface area contributed by atoms with E-state index in [0.29, 0.717) is 17.9 Å². The van der Waals surface area contributed by atoms with Crippen LogP contribution in [0.3, 0.4) is 0 Å². The summed E-state index contributed by atoms with van der Waals surface area (Å²) < 4.78 is 10.5. The highest BCUT2D eigenvalue weighted by Crippen LogP contribution is 2.20. The Labute approximate surface area is 129 Å². The van der Waals surface area contributed by atoms with Crippen LogP contribution in [0.5, 0.6) is 5.75 Å². The molecule has 0 unspecified atom stereocenters. The van der Waals surface area contributed by atoms with Gasteiger partial charge in [-0.1, -0.05) is 48.5 Å². The van der Waals surface area contributed by atoms with E-state index >= 15 is 0 Å². The Morgan fingerprint density at radius 2 is 1.64 bits per heavy atom. The van der Waals surface area contributed by atoms with Gasteiger partial charge >= 0.3 is 5.97 Å². The lowest BCUT2D eigenvalue weighted by molar-refractivity contribution is -0.153. The van der Waals surface area contributed by atoms with Crippen LogP contribution in [0.25, 0.3) is 0 Å². The van der Waals surface area contributed by atoms with Crippen molar-refractivity contribution in [1.82, 2.24) is 0 Å². The zero-order chi connectivity index (χ0) is 15.8. The van der Waals surface area contributed by atoms with Crippen molar-refractivity contribution in [3.8, 4) is 5.75 Å². The molecule has 2 aromatic rings. The van der Waals surface area contributed by atoms with E-state index < -0.39 is 11.8 Å². The molecule has 22 heavy (non-hydrogen) atoms. The van der Waals surface area contributed by atoms with Crippen molar-refractivity contribution in [2.24, 2.45) is 0 Å². The maximum absolute atomic E-state index is 11.8. The molecule has 0 spiro atoms. The van der Waals surface area contributed by atoms with Crippen LogP contribution in [0.1, 0.15) is 18.1 Å². The van der Waals surface area contributed by atoms with Crippen LogP contribution in [0.2, 0.25) is 0 Å². The molecule has 0 fully saturated rings. The lowest BCUT2D eigenvalue weighted by Crippen LogP contribution is -2.19. The summed E-state index contributed by atoms with van der Waals surface area (Å²) in [7, 11) is 0. The van der Waals surface area contributed by atoms with E-state index in [0.717, 1.165) is 5.56 Å². The van der Waals surface area contributed by atoms with Gasteiger partial charge in [0.1, 0.15) is 12.4 Å². The van der Waals surface area contributed by atoms with Crippen LogP contribution in [0.15, 0.2) is 54.6 Å². The second kappa shape index (κ2) is 7.98. The number of ether oxygens (including phenoxy) is 2. The summed E-state index contributed by atoms with van der Waals surface area (Å²) in [5, 5.41) is 0. The quantitative estimate of drug-likeness (QED) is 0.582. The molecule has 114 valence electrons. The third-order valence-electron chi connectivity index (χ3n) is 3.06. The smallest absolute Gasteiger partial charge is 0.374 e. The average molecular weight is 298 g/mol. The zero-order valence-corrected chi connectivity index (χ0v) is 12.5. The molecule has 2 aromatic carbocycles. The highest BCUT2D eigenvalue weighted by atomic mass is 16.5. The van der Waals surface area contributed by atoms with Crippen LogP contribution >= 0.6 is 0 Å². The Morgan fingerprint density at radius 3 is 2.36 bits per heavy atom. The fourth-order valence-corrected chi connectivity index (χ4v) is 1.98. The van der Waals surface area contributed by atoms with E-state index in [1.54, 1.807) is 19.1 Å². The Balaban J connectivity index is 2.03. The molecule has 0 radical (unpaired) electrons. The average Bonchev–Trinajstić information content (AvgIpc) is 2.55. The molecular formula is C18H18O4. The highest BCUT2D eigenvalue weighted by molar-refractivity contribution is 6.34. The molecule has 0 aliphatic rings. The van der Waals surface area contributed by atoms with E-state index in [4.69, 9.17) is 9.47 Å². The van der Waals surface area contributed by atoms with Crippen molar-refractivity contribution in [2.75, 3.05) is 6.61 Å². The van der Waals surface area contributed by atoms with Crippen molar-refractivity contribution in [3.05, 3.63) is 65.7 Å². The van der Waals surface area contributed by atoms with Gasteiger partial charge < -0.3 is 9.47 Å².